The summed E-state index contributed by atoms with van der Waals surface area (Å²) in [5, 5.41) is 7.59. The first-order chi connectivity index (χ1) is 18.2. The van der Waals surface area contributed by atoms with Gasteiger partial charge in [-0.15, -0.1) is 0 Å². The van der Waals surface area contributed by atoms with E-state index in [0.29, 0.717) is 28.9 Å². The highest BCUT2D eigenvalue weighted by Crippen LogP contribution is 2.32. The molecule has 0 fully saturated rings. The lowest BCUT2D eigenvalue weighted by molar-refractivity contribution is -0.115. The summed E-state index contributed by atoms with van der Waals surface area (Å²) >= 11 is 1.13. The van der Waals surface area contributed by atoms with E-state index in [4.69, 9.17) is 9.88 Å². The third-order valence-corrected chi connectivity index (χ3v) is 7.44. The van der Waals surface area contributed by atoms with Crippen molar-refractivity contribution in [2.24, 2.45) is 10.1 Å². The maximum atomic E-state index is 13.5. The van der Waals surface area contributed by atoms with Crippen molar-refractivity contribution >= 4 is 56.2 Å². The molecule has 3 aromatic rings. The van der Waals surface area contributed by atoms with Gasteiger partial charge in [0.2, 0.25) is 15.9 Å². The molecule has 0 saturated heterocycles. The molecular formula is C27H26N4O5S2. The van der Waals surface area contributed by atoms with Crippen LogP contribution in [0.2, 0.25) is 0 Å². The third-order valence-electron chi connectivity index (χ3n) is 5.46. The number of thioether (sulfide) groups is 1. The van der Waals surface area contributed by atoms with Gasteiger partial charge >= 0.3 is 0 Å². The normalized spacial score (nSPS) is 15.3. The van der Waals surface area contributed by atoms with Crippen LogP contribution < -0.4 is 20.1 Å². The quantitative estimate of drug-likeness (QED) is 0.404. The molecule has 9 nitrogen and oxygen atoms in total. The van der Waals surface area contributed by atoms with Crippen molar-refractivity contribution in [2.75, 3.05) is 16.8 Å². The molecule has 0 saturated carbocycles. The molecule has 1 aliphatic heterocycles. The number of amides is 2. The number of primary sulfonamides is 1. The monoisotopic (exact) mass is 550 g/mol. The minimum Gasteiger partial charge on any atom is -0.493 e. The summed E-state index contributed by atoms with van der Waals surface area (Å²) in [7, 11) is -3.84. The smallest absolute Gasteiger partial charge is 0.283 e. The SMILES string of the molecule is CCOc1ccccc1/C=C1/N=C(SC(C)C(=O)Nc2ccc(S(N)(=O)=O)cc2)N(c2ccccc2)C1=O. The van der Waals surface area contributed by atoms with E-state index in [1.54, 1.807) is 25.1 Å². The summed E-state index contributed by atoms with van der Waals surface area (Å²) in [4.78, 5) is 32.4. The molecule has 1 atom stereocenters. The number of benzene rings is 3. The summed E-state index contributed by atoms with van der Waals surface area (Å²) in [5.41, 5.74) is 1.97. The van der Waals surface area contributed by atoms with Crippen LogP contribution in [-0.4, -0.2) is 37.3 Å². The first kappa shape index (κ1) is 27.1. The Balaban J connectivity index is 1.59. The van der Waals surface area contributed by atoms with Crippen molar-refractivity contribution in [2.45, 2.75) is 24.0 Å². The highest BCUT2D eigenvalue weighted by molar-refractivity contribution is 8.15. The lowest BCUT2D eigenvalue weighted by atomic mass is 10.1. The molecule has 3 aromatic carbocycles. The summed E-state index contributed by atoms with van der Waals surface area (Å²) < 4.78 is 28.6. The van der Waals surface area contributed by atoms with E-state index in [9.17, 15) is 18.0 Å². The number of rotatable bonds is 8. The summed E-state index contributed by atoms with van der Waals surface area (Å²) in [5.74, 6) is -0.0316. The number of ether oxygens (including phenoxy) is 1. The molecule has 196 valence electrons. The van der Waals surface area contributed by atoms with Gasteiger partial charge in [0.25, 0.3) is 5.91 Å². The molecule has 1 aliphatic rings. The molecule has 0 aromatic heterocycles. The number of nitrogens with two attached hydrogens (primary N) is 1. The van der Waals surface area contributed by atoms with E-state index in [0.717, 1.165) is 17.3 Å². The highest BCUT2D eigenvalue weighted by Gasteiger charge is 2.34. The molecule has 4 rings (SSSR count). The van der Waals surface area contributed by atoms with E-state index in [1.807, 2.05) is 49.4 Å². The Morgan fingerprint density at radius 3 is 2.39 bits per heavy atom. The zero-order chi connectivity index (χ0) is 27.3. The van der Waals surface area contributed by atoms with Crippen LogP contribution in [0, 0.1) is 0 Å². The molecule has 0 radical (unpaired) electrons. The van der Waals surface area contributed by atoms with Gasteiger partial charge in [0, 0.05) is 11.3 Å². The van der Waals surface area contributed by atoms with E-state index in [-0.39, 0.29) is 22.4 Å². The predicted molar refractivity (Wildman–Crippen MR) is 150 cm³/mol. The van der Waals surface area contributed by atoms with Gasteiger partial charge in [0.05, 0.1) is 22.4 Å². The van der Waals surface area contributed by atoms with Gasteiger partial charge in [-0.1, -0.05) is 48.2 Å². The van der Waals surface area contributed by atoms with E-state index in [1.165, 1.54) is 29.2 Å². The average molecular weight is 551 g/mol. The third kappa shape index (κ3) is 6.31. The number of hydrogen-bond acceptors (Lipinski definition) is 7. The molecule has 11 heteroatoms. The lowest BCUT2D eigenvalue weighted by Crippen LogP contribution is -2.33. The van der Waals surface area contributed by atoms with Crippen LogP contribution in [0.5, 0.6) is 5.75 Å². The van der Waals surface area contributed by atoms with E-state index >= 15 is 0 Å². The average Bonchev–Trinajstić information content (AvgIpc) is 3.19. The second kappa shape index (κ2) is 11.6. The second-order valence-corrected chi connectivity index (χ2v) is 11.1. The van der Waals surface area contributed by atoms with Crippen molar-refractivity contribution in [3.63, 3.8) is 0 Å². The number of carbonyl (C=O) groups is 2. The highest BCUT2D eigenvalue weighted by atomic mass is 32.2. The predicted octanol–water partition coefficient (Wildman–Crippen LogP) is 4.24. The number of amidine groups is 1. The number of anilines is 2. The molecule has 0 spiro atoms. The van der Waals surface area contributed by atoms with Gasteiger partial charge in [-0.3, -0.25) is 14.5 Å². The number of aliphatic imine (C=N–C) groups is 1. The van der Waals surface area contributed by atoms with Crippen LogP contribution >= 0.6 is 11.8 Å². The molecule has 2 amide bonds. The standard InChI is InChI=1S/C27H26N4O5S2/c1-3-36-24-12-8-7-9-19(24)17-23-26(33)31(21-10-5-4-6-11-21)27(30-23)37-18(2)25(32)29-20-13-15-22(16-14-20)38(28,34)35/h4-18H,3H2,1-2H3,(H,29,32)(H2,28,34,35)/b23-17+. The maximum Gasteiger partial charge on any atom is 0.283 e. The van der Waals surface area contributed by atoms with Crippen LogP contribution in [0.25, 0.3) is 6.08 Å². The largest absolute Gasteiger partial charge is 0.493 e. The van der Waals surface area contributed by atoms with Crippen molar-refractivity contribution in [1.82, 2.24) is 0 Å². The van der Waals surface area contributed by atoms with E-state index < -0.39 is 15.3 Å². The number of para-hydroxylation sites is 2. The van der Waals surface area contributed by atoms with Gasteiger partial charge in [-0.05, 0) is 62.4 Å². The Kier molecular flexibility index (Phi) is 8.30. The topological polar surface area (TPSA) is 131 Å². The summed E-state index contributed by atoms with van der Waals surface area (Å²) in [6.45, 7) is 4.06. The van der Waals surface area contributed by atoms with E-state index in [2.05, 4.69) is 10.3 Å². The lowest BCUT2D eigenvalue weighted by Gasteiger charge is -2.20. The Morgan fingerprint density at radius 1 is 1.08 bits per heavy atom. The molecular weight excluding hydrogens is 524 g/mol. The molecule has 1 unspecified atom stereocenters. The first-order valence-electron chi connectivity index (χ1n) is 11.7. The summed E-state index contributed by atoms with van der Waals surface area (Å²) in [6, 6.07) is 22.0. The number of nitrogens with zero attached hydrogens (tertiary/aromatic N) is 2. The fraction of sp³-hybridized carbons (Fsp3) is 0.148. The fourth-order valence-corrected chi connectivity index (χ4v) is 5.04. The van der Waals surface area contributed by atoms with Crippen LogP contribution in [0.4, 0.5) is 11.4 Å². The van der Waals surface area contributed by atoms with Gasteiger partial charge in [0.1, 0.15) is 11.4 Å². The van der Waals surface area contributed by atoms with Crippen molar-refractivity contribution in [3.05, 3.63) is 90.1 Å². The Morgan fingerprint density at radius 2 is 1.74 bits per heavy atom. The van der Waals surface area contributed by atoms with Crippen molar-refractivity contribution in [1.29, 1.82) is 0 Å². The number of sulfonamides is 1. The number of nitrogens with one attached hydrogen (secondary N) is 1. The van der Waals surface area contributed by atoms with Crippen LogP contribution in [0.1, 0.15) is 19.4 Å². The van der Waals surface area contributed by atoms with Crippen molar-refractivity contribution in [3.8, 4) is 5.75 Å². The Bertz CT molecular complexity index is 1500. The molecule has 0 aliphatic carbocycles. The van der Waals surface area contributed by atoms with Crippen LogP contribution in [-0.2, 0) is 19.6 Å². The van der Waals surface area contributed by atoms with Crippen LogP contribution in [0.15, 0.2) is 94.4 Å². The minimum atomic E-state index is -3.84. The number of carbonyl (C=O) groups excluding carboxylic acids is 2. The van der Waals surface area contributed by atoms with Gasteiger partial charge in [-0.2, -0.15) is 0 Å². The minimum absolute atomic E-state index is 0.0551. The zero-order valence-electron chi connectivity index (χ0n) is 20.7. The maximum absolute atomic E-state index is 13.5. The molecule has 38 heavy (non-hydrogen) atoms. The number of hydrogen-bond donors (Lipinski definition) is 2. The molecule has 0 bridgehead atoms. The van der Waals surface area contributed by atoms with Gasteiger partial charge in [-0.25, -0.2) is 18.5 Å². The second-order valence-electron chi connectivity index (χ2n) is 8.19. The Hall–Kier alpha value is -3.93. The van der Waals surface area contributed by atoms with Crippen LogP contribution in [0.3, 0.4) is 0 Å². The summed E-state index contributed by atoms with van der Waals surface area (Å²) in [6.07, 6.45) is 1.68. The fourth-order valence-electron chi connectivity index (χ4n) is 3.60. The van der Waals surface area contributed by atoms with Gasteiger partial charge < -0.3 is 10.1 Å². The van der Waals surface area contributed by atoms with Gasteiger partial charge in [0.15, 0.2) is 5.17 Å². The Labute approximate surface area is 225 Å². The molecule has 1 heterocycles. The first-order valence-corrected chi connectivity index (χ1v) is 14.1. The zero-order valence-corrected chi connectivity index (χ0v) is 22.3. The van der Waals surface area contributed by atoms with Crippen molar-refractivity contribution < 1.29 is 22.7 Å². The molecule has 3 N–H and O–H groups in total.